The molecule has 3 atom stereocenters. The summed E-state index contributed by atoms with van der Waals surface area (Å²) >= 11 is 0. The van der Waals surface area contributed by atoms with Crippen LogP contribution in [0.15, 0.2) is 0 Å². The Labute approximate surface area is 101 Å². The average Bonchev–Trinajstić information content (AvgIpc) is 2.19. The van der Waals surface area contributed by atoms with Crippen molar-refractivity contribution in [2.45, 2.75) is 58.5 Å². The van der Waals surface area contributed by atoms with Crippen LogP contribution in [0.25, 0.3) is 0 Å². The molecular formula is C14H28N2. The lowest BCUT2D eigenvalue weighted by Gasteiger charge is -2.46. The lowest BCUT2D eigenvalue weighted by Crippen LogP contribution is -2.60. The smallest absolute Gasteiger partial charge is 0.0348 e. The number of hydrogen-bond acceptors (Lipinski definition) is 2. The van der Waals surface area contributed by atoms with Crippen molar-refractivity contribution in [3.05, 3.63) is 0 Å². The third-order valence-electron chi connectivity index (χ3n) is 4.75. The zero-order valence-electron chi connectivity index (χ0n) is 11.2. The first-order valence-electron chi connectivity index (χ1n) is 7.18. The van der Waals surface area contributed by atoms with Crippen molar-refractivity contribution in [3.63, 3.8) is 0 Å². The summed E-state index contributed by atoms with van der Waals surface area (Å²) in [5.74, 6) is 1.87. The maximum Gasteiger partial charge on any atom is 0.0348 e. The summed E-state index contributed by atoms with van der Waals surface area (Å²) < 4.78 is 0. The van der Waals surface area contributed by atoms with Crippen LogP contribution in [-0.2, 0) is 0 Å². The largest absolute Gasteiger partial charge is 0.314 e. The van der Waals surface area contributed by atoms with Crippen molar-refractivity contribution >= 4 is 0 Å². The van der Waals surface area contributed by atoms with Crippen molar-refractivity contribution < 1.29 is 0 Å². The zero-order chi connectivity index (χ0) is 11.5. The molecule has 0 aromatic carbocycles. The fourth-order valence-corrected chi connectivity index (χ4v) is 3.25. The molecule has 0 spiro atoms. The molecule has 2 fully saturated rings. The van der Waals surface area contributed by atoms with Crippen LogP contribution in [-0.4, -0.2) is 36.6 Å². The SMILES string of the molecule is CCCN(C1CNC1)C1CCC(C)C(C)C1. The molecule has 2 heteroatoms. The van der Waals surface area contributed by atoms with Gasteiger partial charge in [-0.25, -0.2) is 0 Å². The molecule has 1 saturated carbocycles. The van der Waals surface area contributed by atoms with E-state index < -0.39 is 0 Å². The maximum atomic E-state index is 3.42. The lowest BCUT2D eigenvalue weighted by atomic mass is 9.78. The van der Waals surface area contributed by atoms with Gasteiger partial charge in [0.05, 0.1) is 0 Å². The van der Waals surface area contributed by atoms with Crippen molar-refractivity contribution in [2.24, 2.45) is 11.8 Å². The van der Waals surface area contributed by atoms with Crippen molar-refractivity contribution in [3.8, 4) is 0 Å². The summed E-state index contributed by atoms with van der Waals surface area (Å²) in [6.45, 7) is 10.9. The van der Waals surface area contributed by atoms with E-state index in [1.807, 2.05) is 0 Å². The number of rotatable bonds is 4. The van der Waals surface area contributed by atoms with E-state index >= 15 is 0 Å². The van der Waals surface area contributed by atoms with Gasteiger partial charge in [-0.15, -0.1) is 0 Å². The molecule has 2 rings (SSSR count). The van der Waals surface area contributed by atoms with Gasteiger partial charge in [0.2, 0.25) is 0 Å². The van der Waals surface area contributed by atoms with Crippen LogP contribution in [0, 0.1) is 11.8 Å². The Morgan fingerprint density at radius 3 is 2.31 bits per heavy atom. The van der Waals surface area contributed by atoms with E-state index in [0.717, 1.165) is 23.9 Å². The Balaban J connectivity index is 1.91. The van der Waals surface area contributed by atoms with E-state index in [9.17, 15) is 0 Å². The van der Waals surface area contributed by atoms with Crippen LogP contribution >= 0.6 is 0 Å². The molecule has 16 heavy (non-hydrogen) atoms. The molecule has 1 saturated heterocycles. The van der Waals surface area contributed by atoms with E-state index in [4.69, 9.17) is 0 Å². The highest BCUT2D eigenvalue weighted by Gasteiger charge is 2.33. The van der Waals surface area contributed by atoms with Crippen LogP contribution < -0.4 is 5.32 Å². The topological polar surface area (TPSA) is 15.3 Å². The summed E-state index contributed by atoms with van der Waals surface area (Å²) in [4.78, 5) is 2.80. The number of nitrogens with zero attached hydrogens (tertiary/aromatic N) is 1. The van der Waals surface area contributed by atoms with Crippen LogP contribution in [0.3, 0.4) is 0 Å². The second kappa shape index (κ2) is 5.50. The Bertz CT molecular complexity index is 213. The molecule has 1 N–H and O–H groups in total. The molecule has 0 aromatic heterocycles. The Morgan fingerprint density at radius 2 is 1.81 bits per heavy atom. The molecule has 3 unspecified atom stereocenters. The van der Waals surface area contributed by atoms with E-state index in [1.54, 1.807) is 0 Å². The Hall–Kier alpha value is -0.0800. The van der Waals surface area contributed by atoms with Gasteiger partial charge in [0.25, 0.3) is 0 Å². The van der Waals surface area contributed by atoms with Gasteiger partial charge in [-0.1, -0.05) is 20.8 Å². The van der Waals surface area contributed by atoms with E-state index in [2.05, 4.69) is 31.0 Å². The van der Waals surface area contributed by atoms with E-state index in [1.165, 1.54) is 45.3 Å². The van der Waals surface area contributed by atoms with E-state index in [0.29, 0.717) is 0 Å². The third-order valence-corrected chi connectivity index (χ3v) is 4.75. The monoisotopic (exact) mass is 224 g/mol. The van der Waals surface area contributed by atoms with Crippen LogP contribution in [0.2, 0.25) is 0 Å². The number of hydrogen-bond donors (Lipinski definition) is 1. The fraction of sp³-hybridized carbons (Fsp3) is 1.00. The molecule has 94 valence electrons. The number of nitrogens with one attached hydrogen (secondary N) is 1. The maximum absolute atomic E-state index is 3.42. The minimum atomic E-state index is 0.838. The Morgan fingerprint density at radius 1 is 1.06 bits per heavy atom. The predicted molar refractivity (Wildman–Crippen MR) is 69.6 cm³/mol. The van der Waals surface area contributed by atoms with Crippen LogP contribution in [0.1, 0.15) is 46.5 Å². The quantitative estimate of drug-likeness (QED) is 0.789. The van der Waals surface area contributed by atoms with Crippen LogP contribution in [0.5, 0.6) is 0 Å². The molecule has 1 heterocycles. The molecule has 0 aromatic rings. The second-order valence-corrected chi connectivity index (χ2v) is 5.97. The molecule has 0 radical (unpaired) electrons. The third kappa shape index (κ3) is 2.60. The van der Waals surface area contributed by atoms with Gasteiger partial charge in [-0.3, -0.25) is 4.90 Å². The highest BCUT2D eigenvalue weighted by molar-refractivity contribution is 4.91. The van der Waals surface area contributed by atoms with Gasteiger partial charge in [0.1, 0.15) is 0 Å². The second-order valence-electron chi connectivity index (χ2n) is 5.97. The minimum absolute atomic E-state index is 0.838. The van der Waals surface area contributed by atoms with Crippen molar-refractivity contribution in [1.29, 1.82) is 0 Å². The van der Waals surface area contributed by atoms with Gasteiger partial charge in [-0.05, 0) is 44.1 Å². The summed E-state index contributed by atoms with van der Waals surface area (Å²) in [7, 11) is 0. The highest BCUT2D eigenvalue weighted by atomic mass is 15.3. The molecular weight excluding hydrogens is 196 g/mol. The fourth-order valence-electron chi connectivity index (χ4n) is 3.25. The Kier molecular flexibility index (Phi) is 4.26. The normalized spacial score (nSPS) is 36.4. The van der Waals surface area contributed by atoms with Gasteiger partial charge in [0, 0.05) is 25.2 Å². The predicted octanol–water partition coefficient (Wildman–Crippen LogP) is 2.49. The summed E-state index contributed by atoms with van der Waals surface area (Å²) in [5.41, 5.74) is 0. The van der Waals surface area contributed by atoms with E-state index in [-0.39, 0.29) is 0 Å². The first-order valence-corrected chi connectivity index (χ1v) is 7.18. The standard InChI is InChI=1S/C14H28N2/c1-4-7-16(14-9-15-10-14)13-6-5-11(2)12(3)8-13/h11-15H,4-10H2,1-3H3. The molecule has 2 aliphatic rings. The summed E-state index contributed by atoms with van der Waals surface area (Å²) in [6.07, 6.45) is 5.60. The molecule has 0 amide bonds. The molecule has 2 nitrogen and oxygen atoms in total. The molecule has 0 bridgehead atoms. The van der Waals surface area contributed by atoms with Gasteiger partial charge in [-0.2, -0.15) is 0 Å². The van der Waals surface area contributed by atoms with Crippen molar-refractivity contribution in [1.82, 2.24) is 10.2 Å². The molecule has 1 aliphatic heterocycles. The molecule has 1 aliphatic carbocycles. The van der Waals surface area contributed by atoms with Gasteiger partial charge < -0.3 is 5.32 Å². The van der Waals surface area contributed by atoms with Crippen LogP contribution in [0.4, 0.5) is 0 Å². The summed E-state index contributed by atoms with van der Waals surface area (Å²) in [6, 6.07) is 1.71. The highest BCUT2D eigenvalue weighted by Crippen LogP contribution is 2.33. The average molecular weight is 224 g/mol. The minimum Gasteiger partial charge on any atom is -0.314 e. The zero-order valence-corrected chi connectivity index (χ0v) is 11.2. The summed E-state index contributed by atoms with van der Waals surface area (Å²) in [5, 5.41) is 3.42. The van der Waals surface area contributed by atoms with Gasteiger partial charge in [0.15, 0.2) is 0 Å². The van der Waals surface area contributed by atoms with Gasteiger partial charge >= 0.3 is 0 Å². The first-order chi connectivity index (χ1) is 7.72. The lowest BCUT2D eigenvalue weighted by molar-refractivity contribution is 0.0486. The van der Waals surface area contributed by atoms with Crippen molar-refractivity contribution in [2.75, 3.05) is 19.6 Å². The first kappa shape index (κ1) is 12.4.